The molecule has 23 heavy (non-hydrogen) atoms. The Morgan fingerprint density at radius 2 is 1.78 bits per heavy atom. The van der Waals surface area contributed by atoms with Crippen LogP contribution in [0.3, 0.4) is 0 Å². The second-order valence-electron chi connectivity index (χ2n) is 5.95. The molecule has 1 aromatic heterocycles. The number of aromatic nitrogens is 1. The predicted molar refractivity (Wildman–Crippen MR) is 95.7 cm³/mol. The normalized spacial score (nSPS) is 15.7. The van der Waals surface area contributed by atoms with E-state index in [1.807, 2.05) is 26.0 Å². The second kappa shape index (κ2) is 6.68. The Bertz CT molecular complexity index is 668. The van der Waals surface area contributed by atoms with E-state index >= 15 is 0 Å². The maximum Gasteiger partial charge on any atom is 0.284 e. The first-order chi connectivity index (χ1) is 11.0. The van der Waals surface area contributed by atoms with Crippen molar-refractivity contribution in [3.8, 4) is 0 Å². The van der Waals surface area contributed by atoms with Crippen molar-refractivity contribution in [1.29, 1.82) is 0 Å². The first kappa shape index (κ1) is 16.0. The van der Waals surface area contributed by atoms with E-state index in [1.165, 1.54) is 17.0 Å². The van der Waals surface area contributed by atoms with Gasteiger partial charge in [0.15, 0.2) is 5.01 Å². The van der Waals surface area contributed by atoms with Gasteiger partial charge in [-0.25, -0.2) is 4.98 Å². The largest absolute Gasteiger partial charge is 0.369 e. The summed E-state index contributed by atoms with van der Waals surface area (Å²) in [6.07, 6.45) is 0. The summed E-state index contributed by atoms with van der Waals surface area (Å²) in [7, 11) is 2.15. The summed E-state index contributed by atoms with van der Waals surface area (Å²) in [4.78, 5) is 22.3. The Morgan fingerprint density at radius 3 is 2.35 bits per heavy atom. The molecule has 1 N–H and O–H groups in total. The number of rotatable bonds is 3. The summed E-state index contributed by atoms with van der Waals surface area (Å²) < 4.78 is 0. The van der Waals surface area contributed by atoms with Crippen LogP contribution >= 0.6 is 11.3 Å². The van der Waals surface area contributed by atoms with E-state index in [1.54, 1.807) is 0 Å². The molecule has 0 aliphatic carbocycles. The topological polar surface area (TPSA) is 48.5 Å². The van der Waals surface area contributed by atoms with Gasteiger partial charge in [0.05, 0.1) is 5.69 Å². The predicted octanol–water partition coefficient (Wildman–Crippen LogP) is 2.76. The standard InChI is InChI=1S/C17H22N4OS/c1-12-13(2)23-17(18-12)16(22)19-14-4-6-15(7-5-14)21-10-8-20(3)9-11-21/h4-7H,8-11H2,1-3H3,(H,19,22). The van der Waals surface area contributed by atoms with Crippen molar-refractivity contribution in [2.75, 3.05) is 43.4 Å². The van der Waals surface area contributed by atoms with E-state index < -0.39 is 0 Å². The van der Waals surface area contributed by atoms with Crippen LogP contribution in [0, 0.1) is 13.8 Å². The lowest BCUT2D eigenvalue weighted by Crippen LogP contribution is -2.44. The zero-order valence-corrected chi connectivity index (χ0v) is 14.6. The van der Waals surface area contributed by atoms with E-state index in [2.05, 4.69) is 39.3 Å². The third kappa shape index (κ3) is 3.71. The molecule has 1 aromatic carbocycles. The molecule has 0 unspecified atom stereocenters. The molecule has 2 heterocycles. The highest BCUT2D eigenvalue weighted by atomic mass is 32.1. The number of carbonyl (C=O) groups excluding carboxylic acids is 1. The van der Waals surface area contributed by atoms with Crippen molar-refractivity contribution in [3.05, 3.63) is 39.8 Å². The number of thiazole rings is 1. The highest BCUT2D eigenvalue weighted by molar-refractivity contribution is 7.13. The molecule has 2 aromatic rings. The molecule has 0 radical (unpaired) electrons. The van der Waals surface area contributed by atoms with Crippen LogP contribution < -0.4 is 10.2 Å². The molecule has 122 valence electrons. The van der Waals surface area contributed by atoms with E-state index in [0.717, 1.165) is 42.4 Å². The summed E-state index contributed by atoms with van der Waals surface area (Å²) >= 11 is 1.43. The molecule has 0 atom stereocenters. The summed E-state index contributed by atoms with van der Waals surface area (Å²) in [6.45, 7) is 8.16. The number of nitrogens with one attached hydrogen (secondary N) is 1. The van der Waals surface area contributed by atoms with Crippen LogP contribution in [0.1, 0.15) is 20.4 Å². The number of hydrogen-bond acceptors (Lipinski definition) is 5. The average Bonchev–Trinajstić information content (AvgIpc) is 2.88. The lowest BCUT2D eigenvalue weighted by Gasteiger charge is -2.34. The van der Waals surface area contributed by atoms with Crippen LogP contribution in [0.2, 0.25) is 0 Å². The van der Waals surface area contributed by atoms with E-state index in [9.17, 15) is 4.79 Å². The van der Waals surface area contributed by atoms with Crippen LogP contribution in [-0.4, -0.2) is 49.0 Å². The van der Waals surface area contributed by atoms with Crippen LogP contribution in [0.25, 0.3) is 0 Å². The van der Waals surface area contributed by atoms with Crippen molar-refractivity contribution in [1.82, 2.24) is 9.88 Å². The molecule has 6 heteroatoms. The van der Waals surface area contributed by atoms with Crippen LogP contribution in [0.5, 0.6) is 0 Å². The van der Waals surface area contributed by atoms with Crippen LogP contribution in [-0.2, 0) is 0 Å². The van der Waals surface area contributed by atoms with Gasteiger partial charge in [0.25, 0.3) is 5.91 Å². The van der Waals surface area contributed by atoms with Crippen molar-refractivity contribution in [2.45, 2.75) is 13.8 Å². The number of carbonyl (C=O) groups is 1. The minimum Gasteiger partial charge on any atom is -0.369 e. The summed E-state index contributed by atoms with van der Waals surface area (Å²) in [6, 6.07) is 8.05. The lowest BCUT2D eigenvalue weighted by atomic mass is 10.2. The average molecular weight is 330 g/mol. The molecule has 3 rings (SSSR count). The third-order valence-electron chi connectivity index (χ3n) is 4.22. The monoisotopic (exact) mass is 330 g/mol. The third-order valence-corrected chi connectivity index (χ3v) is 5.29. The van der Waals surface area contributed by atoms with Gasteiger partial charge in [0.2, 0.25) is 0 Å². The fourth-order valence-electron chi connectivity index (χ4n) is 2.57. The van der Waals surface area contributed by atoms with Crippen molar-refractivity contribution in [3.63, 3.8) is 0 Å². The lowest BCUT2D eigenvalue weighted by molar-refractivity contribution is 0.102. The maximum absolute atomic E-state index is 12.2. The molecule has 0 spiro atoms. The number of likely N-dealkylation sites (N-methyl/N-ethyl adjacent to an activating group) is 1. The number of anilines is 2. The molecule has 1 amide bonds. The van der Waals surface area contributed by atoms with Crippen molar-refractivity contribution in [2.24, 2.45) is 0 Å². The van der Waals surface area contributed by atoms with Gasteiger partial charge in [-0.05, 0) is 45.2 Å². The number of hydrogen-bond donors (Lipinski definition) is 1. The zero-order valence-electron chi connectivity index (χ0n) is 13.8. The van der Waals surface area contributed by atoms with E-state index in [-0.39, 0.29) is 5.91 Å². The zero-order chi connectivity index (χ0) is 16.4. The second-order valence-corrected chi connectivity index (χ2v) is 7.16. The van der Waals surface area contributed by atoms with Gasteiger partial charge in [-0.3, -0.25) is 4.79 Å². The van der Waals surface area contributed by atoms with Crippen molar-refractivity contribution >= 4 is 28.6 Å². The fourth-order valence-corrected chi connectivity index (χ4v) is 3.38. The molecular weight excluding hydrogens is 308 g/mol. The number of nitrogens with zero attached hydrogens (tertiary/aromatic N) is 3. The minimum atomic E-state index is -0.140. The number of benzene rings is 1. The summed E-state index contributed by atoms with van der Waals surface area (Å²) in [5.74, 6) is -0.140. The maximum atomic E-state index is 12.2. The van der Waals surface area contributed by atoms with Crippen LogP contribution in [0.4, 0.5) is 11.4 Å². The number of aryl methyl sites for hydroxylation is 2. The summed E-state index contributed by atoms with van der Waals surface area (Å²) in [5, 5.41) is 3.43. The van der Waals surface area contributed by atoms with Gasteiger partial charge in [-0.15, -0.1) is 11.3 Å². The smallest absolute Gasteiger partial charge is 0.284 e. The van der Waals surface area contributed by atoms with E-state index in [0.29, 0.717) is 5.01 Å². The molecule has 0 saturated carbocycles. The highest BCUT2D eigenvalue weighted by Crippen LogP contribution is 2.21. The van der Waals surface area contributed by atoms with Crippen LogP contribution in [0.15, 0.2) is 24.3 Å². The Morgan fingerprint density at radius 1 is 1.13 bits per heavy atom. The Labute approximate surface area is 140 Å². The number of piperazine rings is 1. The molecule has 1 aliphatic rings. The Kier molecular flexibility index (Phi) is 4.63. The first-order valence-electron chi connectivity index (χ1n) is 7.82. The van der Waals surface area contributed by atoms with Gasteiger partial charge in [-0.2, -0.15) is 0 Å². The Balaban J connectivity index is 1.64. The molecular formula is C17H22N4OS. The Hall–Kier alpha value is -1.92. The summed E-state index contributed by atoms with van der Waals surface area (Å²) in [5.41, 5.74) is 2.93. The van der Waals surface area contributed by atoms with E-state index in [4.69, 9.17) is 0 Å². The van der Waals surface area contributed by atoms with Crippen molar-refractivity contribution < 1.29 is 4.79 Å². The quantitative estimate of drug-likeness (QED) is 0.940. The van der Waals surface area contributed by atoms with Gasteiger partial charge in [0.1, 0.15) is 0 Å². The molecule has 1 fully saturated rings. The van der Waals surface area contributed by atoms with Gasteiger partial charge < -0.3 is 15.1 Å². The number of amides is 1. The van der Waals surface area contributed by atoms with Gasteiger partial charge in [-0.1, -0.05) is 0 Å². The van der Waals surface area contributed by atoms with Gasteiger partial charge in [0, 0.05) is 42.4 Å². The molecule has 1 saturated heterocycles. The molecule has 0 bridgehead atoms. The molecule has 5 nitrogen and oxygen atoms in total. The first-order valence-corrected chi connectivity index (χ1v) is 8.63. The highest BCUT2D eigenvalue weighted by Gasteiger charge is 2.15. The SMILES string of the molecule is Cc1nc(C(=O)Nc2ccc(N3CCN(C)CC3)cc2)sc1C. The fraction of sp³-hybridized carbons (Fsp3) is 0.412. The minimum absolute atomic E-state index is 0.140. The van der Waals surface area contributed by atoms with Gasteiger partial charge >= 0.3 is 0 Å². The molecule has 1 aliphatic heterocycles.